The SMILES string of the molecule is CCOCC(C)NCc1sccc1N. The van der Waals surface area contributed by atoms with Gasteiger partial charge in [0, 0.05) is 29.8 Å². The second-order valence-electron chi connectivity index (χ2n) is 3.24. The normalized spacial score (nSPS) is 13.0. The third-order valence-corrected chi connectivity index (χ3v) is 2.90. The average Bonchev–Trinajstić information content (AvgIpc) is 2.58. The minimum atomic E-state index is 0.372. The largest absolute Gasteiger partial charge is 0.398 e. The summed E-state index contributed by atoms with van der Waals surface area (Å²) in [5.74, 6) is 0. The first-order valence-electron chi connectivity index (χ1n) is 4.87. The number of thiophene rings is 1. The van der Waals surface area contributed by atoms with E-state index >= 15 is 0 Å². The van der Waals surface area contributed by atoms with E-state index in [9.17, 15) is 0 Å². The molecular formula is C10H18N2OS. The van der Waals surface area contributed by atoms with Gasteiger partial charge in [0.25, 0.3) is 0 Å². The summed E-state index contributed by atoms with van der Waals surface area (Å²) >= 11 is 1.69. The highest BCUT2D eigenvalue weighted by Crippen LogP contribution is 2.18. The molecule has 3 N–H and O–H groups in total. The Morgan fingerprint density at radius 3 is 3.00 bits per heavy atom. The monoisotopic (exact) mass is 214 g/mol. The topological polar surface area (TPSA) is 47.3 Å². The van der Waals surface area contributed by atoms with Crippen molar-refractivity contribution in [1.82, 2.24) is 5.32 Å². The van der Waals surface area contributed by atoms with Crippen molar-refractivity contribution in [3.8, 4) is 0 Å². The molecule has 0 aliphatic carbocycles. The zero-order valence-corrected chi connectivity index (χ0v) is 9.56. The molecular weight excluding hydrogens is 196 g/mol. The van der Waals surface area contributed by atoms with E-state index in [0.717, 1.165) is 25.4 Å². The Hall–Kier alpha value is -0.580. The van der Waals surface area contributed by atoms with Crippen LogP contribution in [0.5, 0.6) is 0 Å². The molecule has 0 aliphatic heterocycles. The van der Waals surface area contributed by atoms with Gasteiger partial charge in [0.1, 0.15) is 0 Å². The van der Waals surface area contributed by atoms with Gasteiger partial charge in [-0.25, -0.2) is 0 Å². The molecule has 0 aromatic carbocycles. The Morgan fingerprint density at radius 1 is 1.64 bits per heavy atom. The van der Waals surface area contributed by atoms with Crippen molar-refractivity contribution in [3.63, 3.8) is 0 Å². The lowest BCUT2D eigenvalue weighted by molar-refractivity contribution is 0.127. The second-order valence-corrected chi connectivity index (χ2v) is 4.24. The zero-order valence-electron chi connectivity index (χ0n) is 8.75. The van der Waals surface area contributed by atoms with Gasteiger partial charge >= 0.3 is 0 Å². The number of anilines is 1. The van der Waals surface area contributed by atoms with Crippen molar-refractivity contribution in [2.75, 3.05) is 18.9 Å². The lowest BCUT2D eigenvalue weighted by Crippen LogP contribution is -2.29. The van der Waals surface area contributed by atoms with Crippen LogP contribution in [0, 0.1) is 0 Å². The molecule has 0 radical (unpaired) electrons. The summed E-state index contributed by atoms with van der Waals surface area (Å²) in [7, 11) is 0. The molecule has 14 heavy (non-hydrogen) atoms. The summed E-state index contributed by atoms with van der Waals surface area (Å²) in [6.07, 6.45) is 0. The molecule has 1 aromatic rings. The zero-order chi connectivity index (χ0) is 10.4. The van der Waals surface area contributed by atoms with Crippen LogP contribution in [0.3, 0.4) is 0 Å². The van der Waals surface area contributed by atoms with E-state index in [4.69, 9.17) is 10.5 Å². The van der Waals surface area contributed by atoms with Gasteiger partial charge in [0.2, 0.25) is 0 Å². The summed E-state index contributed by atoms with van der Waals surface area (Å²) in [6.45, 7) is 6.47. The van der Waals surface area contributed by atoms with Gasteiger partial charge in [-0.3, -0.25) is 0 Å². The smallest absolute Gasteiger partial charge is 0.0616 e. The maximum Gasteiger partial charge on any atom is 0.0616 e. The molecule has 3 nitrogen and oxygen atoms in total. The summed E-state index contributed by atoms with van der Waals surface area (Å²) in [4.78, 5) is 1.20. The van der Waals surface area contributed by atoms with Crippen LogP contribution >= 0.6 is 11.3 Å². The first kappa shape index (κ1) is 11.5. The Labute approximate surface area is 89.3 Å². The molecule has 0 spiro atoms. The fourth-order valence-electron chi connectivity index (χ4n) is 1.11. The summed E-state index contributed by atoms with van der Waals surface area (Å²) < 4.78 is 5.31. The number of nitrogens with one attached hydrogen (secondary N) is 1. The van der Waals surface area contributed by atoms with E-state index in [1.807, 2.05) is 18.4 Å². The van der Waals surface area contributed by atoms with Gasteiger partial charge in [-0.15, -0.1) is 11.3 Å². The van der Waals surface area contributed by atoms with Crippen LogP contribution in [0.4, 0.5) is 5.69 Å². The van der Waals surface area contributed by atoms with Gasteiger partial charge < -0.3 is 15.8 Å². The quantitative estimate of drug-likeness (QED) is 0.759. The van der Waals surface area contributed by atoms with Crippen molar-refractivity contribution in [2.24, 2.45) is 0 Å². The maximum absolute atomic E-state index is 5.77. The molecule has 1 atom stereocenters. The third-order valence-electron chi connectivity index (χ3n) is 1.96. The van der Waals surface area contributed by atoms with Gasteiger partial charge in [-0.2, -0.15) is 0 Å². The highest BCUT2D eigenvalue weighted by atomic mass is 32.1. The molecule has 0 aliphatic rings. The van der Waals surface area contributed by atoms with E-state index in [0.29, 0.717) is 6.04 Å². The first-order chi connectivity index (χ1) is 6.74. The molecule has 0 fully saturated rings. The number of nitrogens with two attached hydrogens (primary N) is 1. The van der Waals surface area contributed by atoms with E-state index < -0.39 is 0 Å². The van der Waals surface area contributed by atoms with Crippen molar-refractivity contribution < 1.29 is 4.74 Å². The fourth-order valence-corrected chi connectivity index (χ4v) is 1.86. The summed E-state index contributed by atoms with van der Waals surface area (Å²) in [6, 6.07) is 2.31. The van der Waals surface area contributed by atoms with Crippen LogP contribution in [0.25, 0.3) is 0 Å². The van der Waals surface area contributed by atoms with Crippen LogP contribution in [0.15, 0.2) is 11.4 Å². The molecule has 80 valence electrons. The van der Waals surface area contributed by atoms with Gasteiger partial charge in [-0.1, -0.05) is 0 Å². The molecule has 1 aromatic heterocycles. The minimum absolute atomic E-state index is 0.372. The van der Waals surface area contributed by atoms with E-state index in [-0.39, 0.29) is 0 Å². The van der Waals surface area contributed by atoms with E-state index in [2.05, 4.69) is 12.2 Å². The molecule has 0 saturated heterocycles. The molecule has 1 unspecified atom stereocenters. The number of hydrogen-bond donors (Lipinski definition) is 2. The van der Waals surface area contributed by atoms with Crippen molar-refractivity contribution >= 4 is 17.0 Å². The number of ether oxygens (including phenoxy) is 1. The highest BCUT2D eigenvalue weighted by molar-refractivity contribution is 7.10. The predicted molar refractivity (Wildman–Crippen MR) is 61.5 cm³/mol. The predicted octanol–water partition coefficient (Wildman–Crippen LogP) is 1.84. The van der Waals surface area contributed by atoms with Crippen molar-refractivity contribution in [3.05, 3.63) is 16.3 Å². The lowest BCUT2D eigenvalue weighted by Gasteiger charge is -2.12. The van der Waals surface area contributed by atoms with Crippen LogP contribution < -0.4 is 11.1 Å². The van der Waals surface area contributed by atoms with Crippen LogP contribution in [-0.4, -0.2) is 19.3 Å². The molecule has 0 bridgehead atoms. The standard InChI is InChI=1S/C10H18N2OS/c1-3-13-7-8(2)12-6-10-9(11)4-5-14-10/h4-5,8,12H,3,6-7,11H2,1-2H3. The van der Waals surface area contributed by atoms with Gasteiger partial charge in [0.15, 0.2) is 0 Å². The Balaban J connectivity index is 2.23. The number of nitrogen functional groups attached to an aromatic ring is 1. The molecule has 1 rings (SSSR count). The third kappa shape index (κ3) is 3.65. The molecule has 1 heterocycles. The molecule has 4 heteroatoms. The fraction of sp³-hybridized carbons (Fsp3) is 0.600. The number of hydrogen-bond acceptors (Lipinski definition) is 4. The van der Waals surface area contributed by atoms with E-state index in [1.165, 1.54) is 4.88 Å². The van der Waals surface area contributed by atoms with Crippen molar-refractivity contribution in [1.29, 1.82) is 0 Å². The lowest BCUT2D eigenvalue weighted by atomic mass is 10.3. The Bertz CT molecular complexity index is 262. The highest BCUT2D eigenvalue weighted by Gasteiger charge is 2.03. The second kappa shape index (κ2) is 6.01. The van der Waals surface area contributed by atoms with Gasteiger partial charge in [0.05, 0.1) is 6.61 Å². The molecule has 0 amide bonds. The summed E-state index contributed by atoms with van der Waals surface area (Å²) in [5, 5.41) is 5.38. The minimum Gasteiger partial charge on any atom is -0.398 e. The van der Waals surface area contributed by atoms with Crippen LogP contribution in [0.2, 0.25) is 0 Å². The average molecular weight is 214 g/mol. The number of rotatable bonds is 6. The van der Waals surface area contributed by atoms with Crippen LogP contribution in [0.1, 0.15) is 18.7 Å². The van der Waals surface area contributed by atoms with Gasteiger partial charge in [-0.05, 0) is 25.3 Å². The summed E-state index contributed by atoms with van der Waals surface area (Å²) in [5.41, 5.74) is 6.65. The van der Waals surface area contributed by atoms with Crippen LogP contribution in [-0.2, 0) is 11.3 Å². The first-order valence-corrected chi connectivity index (χ1v) is 5.75. The van der Waals surface area contributed by atoms with E-state index in [1.54, 1.807) is 11.3 Å². The maximum atomic E-state index is 5.77. The molecule has 0 saturated carbocycles. The Morgan fingerprint density at radius 2 is 2.43 bits per heavy atom. The van der Waals surface area contributed by atoms with Crippen molar-refractivity contribution in [2.45, 2.75) is 26.4 Å². The Kier molecular flexibility index (Phi) is 4.93.